The lowest BCUT2D eigenvalue weighted by atomic mass is 10.1. The van der Waals surface area contributed by atoms with E-state index in [0.717, 1.165) is 0 Å². The van der Waals surface area contributed by atoms with Crippen LogP contribution < -0.4 is 0 Å². The van der Waals surface area contributed by atoms with Gasteiger partial charge in [0.25, 0.3) is 5.91 Å². The third-order valence-electron chi connectivity index (χ3n) is 2.69. The Hall–Kier alpha value is -1.75. The SMILES string of the molecule is CCN(C(=O)c1cc(O)cc(O)c1)C(C)COC. The summed E-state index contributed by atoms with van der Waals surface area (Å²) >= 11 is 0. The predicted octanol–water partition coefficient (Wildman–Crippen LogP) is 1.59. The quantitative estimate of drug-likeness (QED) is 0.836. The summed E-state index contributed by atoms with van der Waals surface area (Å²) < 4.78 is 5.03. The van der Waals surface area contributed by atoms with Gasteiger partial charge in [0.05, 0.1) is 12.6 Å². The Morgan fingerprint density at radius 1 is 1.33 bits per heavy atom. The fraction of sp³-hybridized carbons (Fsp3) is 0.462. The summed E-state index contributed by atoms with van der Waals surface area (Å²) in [4.78, 5) is 13.9. The molecule has 0 fully saturated rings. The first-order valence-corrected chi connectivity index (χ1v) is 5.82. The molecule has 5 nitrogen and oxygen atoms in total. The standard InChI is InChI=1S/C13H19NO4/c1-4-14(9(2)8-18-3)13(17)10-5-11(15)7-12(16)6-10/h5-7,9,15-16H,4,8H2,1-3H3. The first-order valence-electron chi connectivity index (χ1n) is 5.82. The summed E-state index contributed by atoms with van der Waals surface area (Å²) in [7, 11) is 1.58. The molecule has 1 amide bonds. The number of rotatable bonds is 5. The predicted molar refractivity (Wildman–Crippen MR) is 67.8 cm³/mol. The van der Waals surface area contributed by atoms with Crippen LogP contribution in [0.1, 0.15) is 24.2 Å². The van der Waals surface area contributed by atoms with Gasteiger partial charge in [-0.15, -0.1) is 0 Å². The van der Waals surface area contributed by atoms with Gasteiger partial charge in [-0.2, -0.15) is 0 Å². The Kier molecular flexibility index (Phi) is 4.97. The summed E-state index contributed by atoms with van der Waals surface area (Å²) in [5.41, 5.74) is 0.261. The van der Waals surface area contributed by atoms with Crippen LogP contribution in [0.2, 0.25) is 0 Å². The number of methoxy groups -OCH3 is 1. The van der Waals surface area contributed by atoms with Crippen molar-refractivity contribution < 1.29 is 19.7 Å². The van der Waals surface area contributed by atoms with Crippen molar-refractivity contribution in [3.63, 3.8) is 0 Å². The molecule has 0 spiro atoms. The zero-order valence-electron chi connectivity index (χ0n) is 10.9. The summed E-state index contributed by atoms with van der Waals surface area (Å²) in [5.74, 6) is -0.504. The number of carbonyl (C=O) groups excluding carboxylic acids is 1. The second kappa shape index (κ2) is 6.26. The average molecular weight is 253 g/mol. The van der Waals surface area contributed by atoms with Crippen LogP contribution in [0.15, 0.2) is 18.2 Å². The largest absolute Gasteiger partial charge is 0.508 e. The molecule has 1 rings (SSSR count). The fourth-order valence-electron chi connectivity index (χ4n) is 1.87. The minimum absolute atomic E-state index is 0.0722. The third kappa shape index (κ3) is 3.37. The van der Waals surface area contributed by atoms with Crippen LogP contribution in [-0.4, -0.2) is 47.3 Å². The van der Waals surface area contributed by atoms with Gasteiger partial charge >= 0.3 is 0 Å². The van der Waals surface area contributed by atoms with Crippen molar-refractivity contribution in [3.8, 4) is 11.5 Å². The number of benzene rings is 1. The lowest BCUT2D eigenvalue weighted by molar-refractivity contribution is 0.0578. The molecule has 100 valence electrons. The number of aromatic hydroxyl groups is 2. The first kappa shape index (κ1) is 14.3. The molecular formula is C13H19NO4. The van der Waals surface area contributed by atoms with Crippen molar-refractivity contribution in [2.24, 2.45) is 0 Å². The van der Waals surface area contributed by atoms with Crippen molar-refractivity contribution in [1.82, 2.24) is 4.90 Å². The summed E-state index contributed by atoms with van der Waals surface area (Å²) in [6.07, 6.45) is 0. The molecule has 18 heavy (non-hydrogen) atoms. The maximum Gasteiger partial charge on any atom is 0.254 e. The number of hydrogen-bond donors (Lipinski definition) is 2. The van der Waals surface area contributed by atoms with Crippen molar-refractivity contribution in [1.29, 1.82) is 0 Å². The normalized spacial score (nSPS) is 12.2. The second-order valence-corrected chi connectivity index (χ2v) is 4.13. The second-order valence-electron chi connectivity index (χ2n) is 4.13. The summed E-state index contributed by atoms with van der Waals surface area (Å²) in [6.45, 7) is 4.71. The number of phenols is 2. The van der Waals surface area contributed by atoms with E-state index in [1.165, 1.54) is 18.2 Å². The molecule has 0 aliphatic carbocycles. The van der Waals surface area contributed by atoms with Crippen molar-refractivity contribution >= 4 is 5.91 Å². The van der Waals surface area contributed by atoms with Crippen LogP contribution in [0.25, 0.3) is 0 Å². The van der Waals surface area contributed by atoms with Crippen LogP contribution in [0, 0.1) is 0 Å². The summed E-state index contributed by atoms with van der Waals surface area (Å²) in [5, 5.41) is 18.8. The van der Waals surface area contributed by atoms with E-state index in [9.17, 15) is 15.0 Å². The van der Waals surface area contributed by atoms with Gasteiger partial charge in [0.1, 0.15) is 11.5 Å². The first-order chi connectivity index (χ1) is 8.49. The third-order valence-corrected chi connectivity index (χ3v) is 2.69. The number of amides is 1. The van der Waals surface area contributed by atoms with Gasteiger partial charge in [-0.3, -0.25) is 4.79 Å². The zero-order valence-corrected chi connectivity index (χ0v) is 10.9. The van der Waals surface area contributed by atoms with Gasteiger partial charge < -0.3 is 19.8 Å². The molecule has 0 saturated heterocycles. The van der Waals surface area contributed by atoms with Crippen LogP contribution in [0.3, 0.4) is 0 Å². The molecule has 0 bridgehead atoms. The van der Waals surface area contributed by atoms with Gasteiger partial charge in [-0.05, 0) is 26.0 Å². The van der Waals surface area contributed by atoms with Gasteiger partial charge in [0, 0.05) is 25.3 Å². The van der Waals surface area contributed by atoms with Gasteiger partial charge in [0.15, 0.2) is 0 Å². The van der Waals surface area contributed by atoms with E-state index in [4.69, 9.17) is 4.74 Å². The lowest BCUT2D eigenvalue weighted by Crippen LogP contribution is -2.40. The number of hydrogen-bond acceptors (Lipinski definition) is 4. The maximum atomic E-state index is 12.2. The molecular weight excluding hydrogens is 234 g/mol. The molecule has 0 aliphatic rings. The molecule has 1 atom stereocenters. The molecule has 1 aromatic carbocycles. The molecule has 2 N–H and O–H groups in total. The maximum absolute atomic E-state index is 12.2. The van der Waals surface area contributed by atoms with Crippen molar-refractivity contribution in [2.75, 3.05) is 20.3 Å². The van der Waals surface area contributed by atoms with E-state index >= 15 is 0 Å². The zero-order chi connectivity index (χ0) is 13.7. The average Bonchev–Trinajstić information content (AvgIpc) is 2.28. The minimum Gasteiger partial charge on any atom is -0.508 e. The minimum atomic E-state index is -0.242. The van der Waals surface area contributed by atoms with E-state index in [0.29, 0.717) is 13.2 Å². The van der Waals surface area contributed by atoms with Crippen LogP contribution in [0.5, 0.6) is 11.5 Å². The molecule has 1 aromatic rings. The van der Waals surface area contributed by atoms with E-state index in [2.05, 4.69) is 0 Å². The Labute approximate surface area is 107 Å². The topological polar surface area (TPSA) is 70.0 Å². The molecule has 0 radical (unpaired) electrons. The van der Waals surface area contributed by atoms with E-state index < -0.39 is 0 Å². The molecule has 0 saturated carbocycles. The van der Waals surface area contributed by atoms with E-state index in [1.54, 1.807) is 12.0 Å². The highest BCUT2D eigenvalue weighted by Gasteiger charge is 2.20. The van der Waals surface area contributed by atoms with E-state index in [-0.39, 0.29) is 29.0 Å². The van der Waals surface area contributed by atoms with Gasteiger partial charge in [0.2, 0.25) is 0 Å². The molecule has 5 heteroatoms. The number of phenolic OH excluding ortho intramolecular Hbond substituents is 2. The van der Waals surface area contributed by atoms with E-state index in [1.807, 2.05) is 13.8 Å². The van der Waals surface area contributed by atoms with Gasteiger partial charge in [-0.25, -0.2) is 0 Å². The monoisotopic (exact) mass is 253 g/mol. The summed E-state index contributed by atoms with van der Waals surface area (Å²) in [6, 6.07) is 3.79. The van der Waals surface area contributed by atoms with Crippen LogP contribution in [-0.2, 0) is 4.74 Å². The molecule has 0 aliphatic heterocycles. The smallest absolute Gasteiger partial charge is 0.254 e. The molecule has 0 heterocycles. The molecule has 0 aromatic heterocycles. The highest BCUT2D eigenvalue weighted by Crippen LogP contribution is 2.22. The number of carbonyl (C=O) groups is 1. The Morgan fingerprint density at radius 2 is 1.89 bits per heavy atom. The molecule has 1 unspecified atom stereocenters. The Balaban J connectivity index is 2.96. The Morgan fingerprint density at radius 3 is 2.33 bits per heavy atom. The Bertz CT molecular complexity index is 399. The highest BCUT2D eigenvalue weighted by molar-refractivity contribution is 5.95. The number of nitrogens with zero attached hydrogens (tertiary/aromatic N) is 1. The highest BCUT2D eigenvalue weighted by atomic mass is 16.5. The van der Waals surface area contributed by atoms with Crippen LogP contribution >= 0.6 is 0 Å². The van der Waals surface area contributed by atoms with Gasteiger partial charge in [-0.1, -0.05) is 0 Å². The van der Waals surface area contributed by atoms with Crippen molar-refractivity contribution in [3.05, 3.63) is 23.8 Å². The number of ether oxygens (including phenoxy) is 1. The fourth-order valence-corrected chi connectivity index (χ4v) is 1.87. The lowest BCUT2D eigenvalue weighted by Gasteiger charge is -2.27. The van der Waals surface area contributed by atoms with Crippen molar-refractivity contribution in [2.45, 2.75) is 19.9 Å². The van der Waals surface area contributed by atoms with Crippen LogP contribution in [0.4, 0.5) is 0 Å². The number of likely N-dealkylation sites (N-methyl/N-ethyl adjacent to an activating group) is 1.